The van der Waals surface area contributed by atoms with Gasteiger partial charge in [-0.15, -0.1) is 17.9 Å². The summed E-state index contributed by atoms with van der Waals surface area (Å²) in [4.78, 5) is 8.87. The summed E-state index contributed by atoms with van der Waals surface area (Å²) in [5.41, 5.74) is 2.03. The van der Waals surface area contributed by atoms with Crippen molar-refractivity contribution in [3.05, 3.63) is 41.9 Å². The molecule has 0 aliphatic carbocycles. The van der Waals surface area contributed by atoms with Gasteiger partial charge in [-0.25, -0.2) is 4.98 Å². The standard InChI is InChI=1S/C12H12N2S/c1-3-8-13-9(2)12-14-10-6-4-5-7-11(10)15-12/h3-7H,1,8H2,2H3. The first-order chi connectivity index (χ1) is 7.31. The molecule has 0 N–H and O–H groups in total. The summed E-state index contributed by atoms with van der Waals surface area (Å²) in [5, 5.41) is 0.998. The number of aliphatic imine (C=N–C) groups is 1. The highest BCUT2D eigenvalue weighted by atomic mass is 32.1. The smallest absolute Gasteiger partial charge is 0.138 e. The molecule has 0 fully saturated rings. The third-order valence-corrected chi connectivity index (χ3v) is 3.21. The average molecular weight is 216 g/mol. The zero-order valence-electron chi connectivity index (χ0n) is 8.60. The number of thiazole rings is 1. The van der Waals surface area contributed by atoms with Gasteiger partial charge in [-0.1, -0.05) is 18.2 Å². The Hall–Kier alpha value is -1.48. The van der Waals surface area contributed by atoms with Gasteiger partial charge >= 0.3 is 0 Å². The first-order valence-electron chi connectivity index (χ1n) is 4.79. The zero-order valence-corrected chi connectivity index (χ0v) is 9.42. The van der Waals surface area contributed by atoms with Crippen molar-refractivity contribution < 1.29 is 0 Å². The SMILES string of the molecule is C=CCN=C(C)c1nc2ccccc2s1. The summed E-state index contributed by atoms with van der Waals surface area (Å²) in [6.07, 6.45) is 1.79. The predicted octanol–water partition coefficient (Wildman–Crippen LogP) is 3.29. The van der Waals surface area contributed by atoms with E-state index >= 15 is 0 Å². The van der Waals surface area contributed by atoms with E-state index in [-0.39, 0.29) is 0 Å². The third kappa shape index (κ3) is 2.13. The Balaban J connectivity index is 2.40. The molecule has 0 aliphatic rings. The Labute approximate surface area is 93.0 Å². The Morgan fingerprint density at radius 1 is 1.53 bits per heavy atom. The fourth-order valence-electron chi connectivity index (χ4n) is 1.30. The molecule has 0 aliphatic heterocycles. The molecule has 0 saturated heterocycles. The molecule has 2 rings (SSSR count). The van der Waals surface area contributed by atoms with Gasteiger partial charge in [0.2, 0.25) is 0 Å². The van der Waals surface area contributed by atoms with Crippen molar-refractivity contribution in [1.82, 2.24) is 4.98 Å². The van der Waals surface area contributed by atoms with Gasteiger partial charge in [0, 0.05) is 0 Å². The first kappa shape index (κ1) is 10.1. The maximum Gasteiger partial charge on any atom is 0.138 e. The number of hydrogen-bond acceptors (Lipinski definition) is 3. The number of fused-ring (bicyclic) bond motifs is 1. The van der Waals surface area contributed by atoms with Crippen LogP contribution in [0.25, 0.3) is 10.2 Å². The van der Waals surface area contributed by atoms with E-state index in [0.717, 1.165) is 16.2 Å². The van der Waals surface area contributed by atoms with Crippen LogP contribution in [0.2, 0.25) is 0 Å². The summed E-state index contributed by atoms with van der Waals surface area (Å²) in [6, 6.07) is 8.13. The van der Waals surface area contributed by atoms with Crippen molar-refractivity contribution in [2.45, 2.75) is 6.92 Å². The van der Waals surface area contributed by atoms with Crippen LogP contribution >= 0.6 is 11.3 Å². The number of benzene rings is 1. The summed E-state index contributed by atoms with van der Waals surface area (Å²) in [5.74, 6) is 0. The van der Waals surface area contributed by atoms with Crippen LogP contribution in [0.4, 0.5) is 0 Å². The van der Waals surface area contributed by atoms with Crippen molar-refractivity contribution in [2.75, 3.05) is 6.54 Å². The van der Waals surface area contributed by atoms with E-state index in [1.165, 1.54) is 4.70 Å². The zero-order chi connectivity index (χ0) is 10.7. The van der Waals surface area contributed by atoms with Crippen LogP contribution in [0.15, 0.2) is 41.9 Å². The molecular weight excluding hydrogens is 204 g/mol. The molecule has 1 aromatic carbocycles. The second-order valence-electron chi connectivity index (χ2n) is 3.20. The Morgan fingerprint density at radius 2 is 2.33 bits per heavy atom. The van der Waals surface area contributed by atoms with Crippen molar-refractivity contribution in [2.24, 2.45) is 4.99 Å². The molecule has 0 atom stereocenters. The molecule has 0 unspecified atom stereocenters. The minimum absolute atomic E-state index is 0.655. The van der Waals surface area contributed by atoms with Gasteiger partial charge in [0.05, 0.1) is 22.5 Å². The highest BCUT2D eigenvalue weighted by Gasteiger charge is 2.04. The maximum atomic E-state index is 4.52. The van der Waals surface area contributed by atoms with E-state index in [1.54, 1.807) is 17.4 Å². The van der Waals surface area contributed by atoms with Crippen LogP contribution < -0.4 is 0 Å². The normalized spacial score (nSPS) is 11.9. The number of rotatable bonds is 3. The van der Waals surface area contributed by atoms with Gasteiger partial charge in [-0.05, 0) is 19.1 Å². The van der Waals surface area contributed by atoms with E-state index in [4.69, 9.17) is 0 Å². The number of nitrogens with zero attached hydrogens (tertiary/aromatic N) is 2. The van der Waals surface area contributed by atoms with Crippen molar-refractivity contribution in [1.29, 1.82) is 0 Å². The van der Waals surface area contributed by atoms with Gasteiger partial charge in [0.25, 0.3) is 0 Å². The highest BCUT2D eigenvalue weighted by molar-refractivity contribution is 7.20. The molecule has 0 spiro atoms. The van der Waals surface area contributed by atoms with Crippen molar-refractivity contribution in [3.63, 3.8) is 0 Å². The lowest BCUT2D eigenvalue weighted by Crippen LogP contribution is -1.93. The van der Waals surface area contributed by atoms with E-state index in [2.05, 4.69) is 22.6 Å². The van der Waals surface area contributed by atoms with Gasteiger partial charge in [-0.2, -0.15) is 0 Å². The molecule has 2 aromatic rings. The maximum absolute atomic E-state index is 4.52. The molecular formula is C12H12N2S. The molecule has 2 nitrogen and oxygen atoms in total. The lowest BCUT2D eigenvalue weighted by molar-refractivity contribution is 1.23. The lowest BCUT2D eigenvalue weighted by atomic mass is 10.3. The van der Waals surface area contributed by atoms with Crippen LogP contribution in [0.1, 0.15) is 11.9 Å². The van der Waals surface area contributed by atoms with Gasteiger partial charge < -0.3 is 0 Å². The summed E-state index contributed by atoms with van der Waals surface area (Å²) < 4.78 is 1.21. The quantitative estimate of drug-likeness (QED) is 0.571. The second kappa shape index (κ2) is 4.36. The van der Waals surface area contributed by atoms with Crippen LogP contribution in [-0.2, 0) is 0 Å². The van der Waals surface area contributed by atoms with E-state index < -0.39 is 0 Å². The molecule has 15 heavy (non-hydrogen) atoms. The summed E-state index contributed by atoms with van der Waals surface area (Å²) >= 11 is 1.68. The summed E-state index contributed by atoms with van der Waals surface area (Å²) in [6.45, 7) is 6.29. The molecule has 3 heteroatoms. The average Bonchev–Trinajstić information content (AvgIpc) is 2.69. The minimum Gasteiger partial charge on any atom is -0.283 e. The second-order valence-corrected chi connectivity index (χ2v) is 4.23. The lowest BCUT2D eigenvalue weighted by Gasteiger charge is -1.91. The van der Waals surface area contributed by atoms with Gasteiger partial charge in [0.1, 0.15) is 5.01 Å². The minimum atomic E-state index is 0.655. The highest BCUT2D eigenvalue weighted by Crippen LogP contribution is 2.21. The van der Waals surface area contributed by atoms with Crippen LogP contribution in [0.3, 0.4) is 0 Å². The molecule has 1 aromatic heterocycles. The van der Waals surface area contributed by atoms with E-state index in [9.17, 15) is 0 Å². The largest absolute Gasteiger partial charge is 0.283 e. The molecule has 76 valence electrons. The monoisotopic (exact) mass is 216 g/mol. The van der Waals surface area contributed by atoms with E-state index in [0.29, 0.717) is 6.54 Å². The fraction of sp³-hybridized carbons (Fsp3) is 0.167. The van der Waals surface area contributed by atoms with Crippen LogP contribution in [0, 0.1) is 0 Å². The molecule has 1 heterocycles. The van der Waals surface area contributed by atoms with E-state index in [1.807, 2.05) is 25.1 Å². The number of hydrogen-bond donors (Lipinski definition) is 0. The van der Waals surface area contributed by atoms with Crippen molar-refractivity contribution in [3.8, 4) is 0 Å². The number of para-hydroxylation sites is 1. The first-order valence-corrected chi connectivity index (χ1v) is 5.61. The Morgan fingerprint density at radius 3 is 3.07 bits per heavy atom. The molecule has 0 bridgehead atoms. The molecule has 0 amide bonds. The fourth-order valence-corrected chi connectivity index (χ4v) is 2.23. The Bertz CT molecular complexity index is 478. The van der Waals surface area contributed by atoms with Crippen LogP contribution in [0.5, 0.6) is 0 Å². The Kier molecular flexibility index (Phi) is 2.92. The third-order valence-electron chi connectivity index (χ3n) is 2.06. The van der Waals surface area contributed by atoms with Crippen LogP contribution in [-0.4, -0.2) is 17.2 Å². The molecule has 0 radical (unpaired) electrons. The predicted molar refractivity (Wildman–Crippen MR) is 66.9 cm³/mol. The topological polar surface area (TPSA) is 25.2 Å². The number of aromatic nitrogens is 1. The van der Waals surface area contributed by atoms with Gasteiger partial charge in [-0.3, -0.25) is 4.99 Å². The van der Waals surface area contributed by atoms with Crippen molar-refractivity contribution >= 4 is 27.3 Å². The van der Waals surface area contributed by atoms with Gasteiger partial charge in [0.15, 0.2) is 0 Å². The summed E-state index contributed by atoms with van der Waals surface area (Å²) in [7, 11) is 0. The molecule has 0 saturated carbocycles.